The second-order valence-electron chi connectivity index (χ2n) is 4.06. The van der Waals surface area contributed by atoms with E-state index >= 15 is 0 Å². The van der Waals surface area contributed by atoms with E-state index in [0.29, 0.717) is 23.9 Å². The van der Waals surface area contributed by atoms with Crippen LogP contribution in [0.4, 0.5) is 0 Å². The molecule has 0 heterocycles. The average molecular weight is 278 g/mol. The quantitative estimate of drug-likeness (QED) is 0.911. The first-order valence-corrected chi connectivity index (χ1v) is 6.35. The Hall–Kier alpha value is -1.71. The van der Waals surface area contributed by atoms with Gasteiger partial charge < -0.3 is 15.2 Å². The average Bonchev–Trinajstić information content (AvgIpc) is 2.45. The number of nitrogens with two attached hydrogens (primary N) is 1. The van der Waals surface area contributed by atoms with Crippen molar-refractivity contribution < 1.29 is 9.47 Å². The molecular weight excluding hydrogens is 262 g/mol. The van der Waals surface area contributed by atoms with Crippen LogP contribution in [0.3, 0.4) is 0 Å². The largest absolute Gasteiger partial charge is 0.496 e. The van der Waals surface area contributed by atoms with Gasteiger partial charge in [0.25, 0.3) is 0 Å². The molecule has 0 unspecified atom stereocenters. The predicted molar refractivity (Wildman–Crippen MR) is 76.7 cm³/mol. The molecule has 0 fully saturated rings. The summed E-state index contributed by atoms with van der Waals surface area (Å²) in [4.78, 5) is 0. The zero-order valence-corrected chi connectivity index (χ0v) is 11.5. The third-order valence-corrected chi connectivity index (χ3v) is 3.06. The van der Waals surface area contributed by atoms with Crippen LogP contribution in [0, 0.1) is 0 Å². The Morgan fingerprint density at radius 3 is 2.58 bits per heavy atom. The molecule has 3 nitrogen and oxygen atoms in total. The summed E-state index contributed by atoms with van der Waals surface area (Å²) in [5.74, 6) is 1.51. The standard InChI is InChI=1S/C15H16ClNO2/c1-18-14-5-3-2-4-12(14)10-19-15-8-13(16)7-6-11(15)9-17/h2-8H,9-10,17H2,1H3. The molecule has 0 amide bonds. The third kappa shape index (κ3) is 3.40. The van der Waals surface area contributed by atoms with Crippen LogP contribution in [-0.4, -0.2) is 7.11 Å². The first kappa shape index (κ1) is 13.7. The van der Waals surface area contributed by atoms with Crippen molar-refractivity contribution in [1.29, 1.82) is 0 Å². The molecule has 0 aliphatic carbocycles. The fourth-order valence-corrected chi connectivity index (χ4v) is 1.97. The lowest BCUT2D eigenvalue weighted by Crippen LogP contribution is -2.03. The van der Waals surface area contributed by atoms with Crippen LogP contribution in [-0.2, 0) is 13.2 Å². The molecule has 2 aromatic carbocycles. The lowest BCUT2D eigenvalue weighted by atomic mass is 10.2. The summed E-state index contributed by atoms with van der Waals surface area (Å²) >= 11 is 5.97. The van der Waals surface area contributed by atoms with Gasteiger partial charge in [-0.2, -0.15) is 0 Å². The fourth-order valence-electron chi connectivity index (χ4n) is 1.81. The molecule has 0 aliphatic heterocycles. The number of methoxy groups -OCH3 is 1. The normalized spacial score (nSPS) is 10.3. The van der Waals surface area contributed by atoms with Crippen molar-refractivity contribution >= 4 is 11.6 Å². The van der Waals surface area contributed by atoms with Crippen LogP contribution in [0.5, 0.6) is 11.5 Å². The third-order valence-electron chi connectivity index (χ3n) is 2.82. The highest BCUT2D eigenvalue weighted by Crippen LogP contribution is 2.25. The summed E-state index contributed by atoms with van der Waals surface area (Å²) in [6.45, 7) is 0.829. The molecule has 0 radical (unpaired) electrons. The van der Waals surface area contributed by atoms with Gasteiger partial charge in [0.05, 0.1) is 7.11 Å². The van der Waals surface area contributed by atoms with Crippen LogP contribution >= 0.6 is 11.6 Å². The van der Waals surface area contributed by atoms with Gasteiger partial charge in [0.2, 0.25) is 0 Å². The maximum Gasteiger partial charge on any atom is 0.125 e. The van der Waals surface area contributed by atoms with Crippen molar-refractivity contribution in [2.75, 3.05) is 7.11 Å². The topological polar surface area (TPSA) is 44.5 Å². The number of hydrogen-bond acceptors (Lipinski definition) is 3. The second kappa shape index (κ2) is 6.45. The Morgan fingerprint density at radius 2 is 1.84 bits per heavy atom. The van der Waals surface area contributed by atoms with Crippen LogP contribution in [0.1, 0.15) is 11.1 Å². The SMILES string of the molecule is COc1ccccc1COc1cc(Cl)ccc1CN. The van der Waals surface area contributed by atoms with Gasteiger partial charge in [-0.25, -0.2) is 0 Å². The van der Waals surface area contributed by atoms with Crippen LogP contribution in [0.25, 0.3) is 0 Å². The zero-order chi connectivity index (χ0) is 13.7. The summed E-state index contributed by atoms with van der Waals surface area (Å²) in [5, 5.41) is 0.632. The van der Waals surface area contributed by atoms with Gasteiger partial charge in [-0.05, 0) is 18.2 Å². The maximum atomic E-state index is 5.97. The van der Waals surface area contributed by atoms with E-state index in [-0.39, 0.29) is 0 Å². The predicted octanol–water partition coefficient (Wildman–Crippen LogP) is 3.39. The summed E-state index contributed by atoms with van der Waals surface area (Å²) in [6, 6.07) is 13.2. The van der Waals surface area contributed by atoms with Crippen molar-refractivity contribution in [2.45, 2.75) is 13.2 Å². The molecular formula is C15H16ClNO2. The van der Waals surface area contributed by atoms with Crippen molar-refractivity contribution in [3.05, 3.63) is 58.6 Å². The highest BCUT2D eigenvalue weighted by Gasteiger charge is 2.06. The Kier molecular flexibility index (Phi) is 4.66. The fraction of sp³-hybridized carbons (Fsp3) is 0.200. The second-order valence-corrected chi connectivity index (χ2v) is 4.49. The minimum atomic E-state index is 0.414. The molecule has 0 saturated heterocycles. The van der Waals surface area contributed by atoms with E-state index in [1.165, 1.54) is 0 Å². The number of para-hydroxylation sites is 1. The molecule has 4 heteroatoms. The highest BCUT2D eigenvalue weighted by molar-refractivity contribution is 6.30. The monoisotopic (exact) mass is 277 g/mol. The summed E-state index contributed by atoms with van der Waals surface area (Å²) < 4.78 is 11.1. The molecule has 2 N–H and O–H groups in total. The van der Waals surface area contributed by atoms with Crippen molar-refractivity contribution in [2.24, 2.45) is 5.73 Å². The number of ether oxygens (including phenoxy) is 2. The van der Waals surface area contributed by atoms with Crippen molar-refractivity contribution in [1.82, 2.24) is 0 Å². The number of halogens is 1. The summed E-state index contributed by atoms with van der Waals surface area (Å²) in [7, 11) is 1.64. The Bertz CT molecular complexity index is 558. The number of rotatable bonds is 5. The first-order valence-electron chi connectivity index (χ1n) is 5.97. The highest BCUT2D eigenvalue weighted by atomic mass is 35.5. The van der Waals surface area contributed by atoms with E-state index in [1.807, 2.05) is 30.3 Å². The van der Waals surface area contributed by atoms with Gasteiger partial charge in [-0.3, -0.25) is 0 Å². The maximum absolute atomic E-state index is 5.97. The minimum absolute atomic E-state index is 0.414. The molecule has 2 aromatic rings. The van der Waals surface area contributed by atoms with Gasteiger partial charge >= 0.3 is 0 Å². The molecule has 100 valence electrons. The smallest absolute Gasteiger partial charge is 0.125 e. The summed E-state index contributed by atoms with van der Waals surface area (Å²) in [6.07, 6.45) is 0. The lowest BCUT2D eigenvalue weighted by Gasteiger charge is -2.13. The molecule has 0 aliphatic rings. The van der Waals surface area contributed by atoms with E-state index in [9.17, 15) is 0 Å². The molecule has 2 rings (SSSR count). The van der Waals surface area contributed by atoms with Crippen LogP contribution in [0.15, 0.2) is 42.5 Å². The van der Waals surface area contributed by atoms with Crippen molar-refractivity contribution in [3.8, 4) is 11.5 Å². The van der Waals surface area contributed by atoms with Crippen LogP contribution in [0.2, 0.25) is 5.02 Å². The van der Waals surface area contributed by atoms with Gasteiger partial charge in [-0.15, -0.1) is 0 Å². The first-order chi connectivity index (χ1) is 9.24. The Balaban J connectivity index is 2.16. The van der Waals surface area contributed by atoms with Gasteiger partial charge in [-0.1, -0.05) is 35.9 Å². The molecule has 0 bridgehead atoms. The van der Waals surface area contributed by atoms with Gasteiger partial charge in [0.15, 0.2) is 0 Å². The van der Waals surface area contributed by atoms with E-state index in [2.05, 4.69) is 0 Å². The van der Waals surface area contributed by atoms with Gasteiger partial charge in [0.1, 0.15) is 18.1 Å². The van der Waals surface area contributed by atoms with E-state index in [0.717, 1.165) is 16.9 Å². The lowest BCUT2D eigenvalue weighted by molar-refractivity contribution is 0.294. The van der Waals surface area contributed by atoms with E-state index in [1.54, 1.807) is 19.2 Å². The molecule has 19 heavy (non-hydrogen) atoms. The summed E-state index contributed by atoms with van der Waals surface area (Å²) in [5.41, 5.74) is 7.59. The Labute approximate surface area is 117 Å². The molecule has 0 aromatic heterocycles. The molecule has 0 atom stereocenters. The number of benzene rings is 2. The van der Waals surface area contributed by atoms with Gasteiger partial charge in [0, 0.05) is 22.7 Å². The van der Waals surface area contributed by atoms with Crippen LogP contribution < -0.4 is 15.2 Å². The van der Waals surface area contributed by atoms with E-state index in [4.69, 9.17) is 26.8 Å². The molecule has 0 saturated carbocycles. The van der Waals surface area contributed by atoms with E-state index < -0.39 is 0 Å². The number of hydrogen-bond donors (Lipinski definition) is 1. The zero-order valence-electron chi connectivity index (χ0n) is 10.7. The molecule has 0 spiro atoms. The Morgan fingerprint density at radius 1 is 1.05 bits per heavy atom. The minimum Gasteiger partial charge on any atom is -0.496 e. The van der Waals surface area contributed by atoms with Crippen molar-refractivity contribution in [3.63, 3.8) is 0 Å².